The van der Waals surface area contributed by atoms with E-state index in [1.165, 1.54) is 0 Å². The summed E-state index contributed by atoms with van der Waals surface area (Å²) >= 11 is 3.34. The smallest absolute Gasteiger partial charge is 0.343 e. The Kier molecular flexibility index (Phi) is 5.18. The van der Waals surface area contributed by atoms with Crippen molar-refractivity contribution in [3.05, 3.63) is 94.2 Å². The zero-order chi connectivity index (χ0) is 16.8. The Hall–Kier alpha value is -2.72. The molecular weight excluding hydrogens is 366 g/mol. The van der Waals surface area contributed by atoms with Crippen LogP contribution in [0.4, 0.5) is 0 Å². The third kappa shape index (κ3) is 4.40. The fourth-order valence-corrected chi connectivity index (χ4v) is 2.48. The third-order valence-electron chi connectivity index (χ3n) is 3.29. The number of carbonyl (C=O) groups excluding carboxylic acids is 1. The van der Waals surface area contributed by atoms with Crippen LogP contribution in [0.5, 0.6) is 5.75 Å². The van der Waals surface area contributed by atoms with Gasteiger partial charge in [-0.05, 0) is 54.1 Å². The highest BCUT2D eigenvalue weighted by Crippen LogP contribution is 2.17. The number of ether oxygens (including phenoxy) is 1. The predicted octanol–water partition coefficient (Wildman–Crippen LogP) is 5.23. The van der Waals surface area contributed by atoms with Gasteiger partial charge in [-0.25, -0.2) is 4.79 Å². The van der Waals surface area contributed by atoms with Crippen LogP contribution in [0.15, 0.2) is 77.4 Å². The van der Waals surface area contributed by atoms with Gasteiger partial charge in [0.15, 0.2) is 0 Å². The largest absolute Gasteiger partial charge is 0.423 e. The maximum absolute atomic E-state index is 12.1. The van der Waals surface area contributed by atoms with Gasteiger partial charge in [0.2, 0.25) is 0 Å². The number of aromatic nitrogens is 1. The highest BCUT2D eigenvalue weighted by Gasteiger charge is 2.08. The summed E-state index contributed by atoms with van der Waals surface area (Å²) in [6.45, 7) is 0. The van der Waals surface area contributed by atoms with Crippen molar-refractivity contribution in [3.8, 4) is 5.75 Å². The lowest BCUT2D eigenvalue weighted by Gasteiger charge is -2.05. The van der Waals surface area contributed by atoms with Crippen molar-refractivity contribution < 1.29 is 9.53 Å². The molecule has 3 rings (SSSR count). The zero-order valence-corrected chi connectivity index (χ0v) is 14.3. The number of nitrogens with zero attached hydrogens (tertiary/aromatic N) is 1. The van der Waals surface area contributed by atoms with Gasteiger partial charge in [0.25, 0.3) is 0 Å². The summed E-state index contributed by atoms with van der Waals surface area (Å²) in [4.78, 5) is 16.3. The Morgan fingerprint density at radius 3 is 2.50 bits per heavy atom. The van der Waals surface area contributed by atoms with Crippen LogP contribution in [0.25, 0.3) is 12.2 Å². The monoisotopic (exact) mass is 379 g/mol. The topological polar surface area (TPSA) is 39.2 Å². The van der Waals surface area contributed by atoms with Gasteiger partial charge >= 0.3 is 5.97 Å². The number of esters is 1. The average Bonchev–Trinajstić information content (AvgIpc) is 2.62. The van der Waals surface area contributed by atoms with Crippen LogP contribution in [0, 0.1) is 0 Å². The molecule has 118 valence electrons. The Balaban J connectivity index is 1.66. The maximum atomic E-state index is 12.1. The summed E-state index contributed by atoms with van der Waals surface area (Å²) in [6.07, 6.45) is 5.65. The predicted molar refractivity (Wildman–Crippen MR) is 98.7 cm³/mol. The van der Waals surface area contributed by atoms with Crippen molar-refractivity contribution in [1.82, 2.24) is 4.98 Å². The molecule has 1 heterocycles. The Morgan fingerprint density at radius 2 is 1.79 bits per heavy atom. The minimum atomic E-state index is -0.381. The van der Waals surface area contributed by atoms with Crippen LogP contribution in [-0.4, -0.2) is 11.0 Å². The van der Waals surface area contributed by atoms with E-state index >= 15 is 0 Å². The van der Waals surface area contributed by atoms with E-state index in [0.29, 0.717) is 11.3 Å². The number of carbonyl (C=O) groups is 1. The van der Waals surface area contributed by atoms with Crippen molar-refractivity contribution in [2.24, 2.45) is 0 Å². The molecule has 0 atom stereocenters. The lowest BCUT2D eigenvalue weighted by molar-refractivity contribution is 0.0734. The van der Waals surface area contributed by atoms with Crippen LogP contribution in [0.1, 0.15) is 21.6 Å². The second kappa shape index (κ2) is 7.70. The van der Waals surface area contributed by atoms with Crippen molar-refractivity contribution in [1.29, 1.82) is 0 Å². The summed E-state index contributed by atoms with van der Waals surface area (Å²) in [5.41, 5.74) is 2.40. The van der Waals surface area contributed by atoms with Crippen molar-refractivity contribution in [3.63, 3.8) is 0 Å². The molecule has 24 heavy (non-hydrogen) atoms. The molecule has 0 fully saturated rings. The van der Waals surface area contributed by atoms with Crippen molar-refractivity contribution in [2.75, 3.05) is 0 Å². The van der Waals surface area contributed by atoms with Gasteiger partial charge < -0.3 is 4.74 Å². The number of hydrogen-bond donors (Lipinski definition) is 0. The molecule has 3 nitrogen and oxygen atoms in total. The number of hydrogen-bond acceptors (Lipinski definition) is 3. The Labute approximate surface area is 148 Å². The van der Waals surface area contributed by atoms with Crippen LogP contribution in [-0.2, 0) is 0 Å². The molecule has 3 aromatic rings. The molecule has 0 aliphatic carbocycles. The molecule has 0 spiro atoms. The molecule has 1 aromatic heterocycles. The first-order valence-corrected chi connectivity index (χ1v) is 8.17. The Morgan fingerprint density at radius 1 is 0.958 bits per heavy atom. The minimum absolute atomic E-state index is 0.381. The van der Waals surface area contributed by atoms with Gasteiger partial charge in [0.1, 0.15) is 5.75 Å². The first kappa shape index (κ1) is 16.1. The molecule has 0 radical (unpaired) electrons. The normalized spacial score (nSPS) is 10.7. The van der Waals surface area contributed by atoms with E-state index in [2.05, 4.69) is 20.9 Å². The fraction of sp³-hybridized carbons (Fsp3) is 0. The maximum Gasteiger partial charge on any atom is 0.343 e. The second-order valence-corrected chi connectivity index (χ2v) is 5.97. The molecule has 2 aromatic carbocycles. The molecule has 0 saturated carbocycles. The van der Waals surface area contributed by atoms with E-state index in [9.17, 15) is 4.79 Å². The summed E-state index contributed by atoms with van der Waals surface area (Å²) in [7, 11) is 0. The quantitative estimate of drug-likeness (QED) is 0.459. The van der Waals surface area contributed by atoms with Crippen LogP contribution >= 0.6 is 15.9 Å². The molecule has 0 saturated heterocycles. The zero-order valence-electron chi connectivity index (χ0n) is 12.7. The van der Waals surface area contributed by atoms with Crippen LogP contribution < -0.4 is 4.74 Å². The summed E-state index contributed by atoms with van der Waals surface area (Å²) in [5, 5.41) is 0. The van der Waals surface area contributed by atoms with E-state index < -0.39 is 0 Å². The average molecular weight is 380 g/mol. The second-order valence-electron chi connectivity index (χ2n) is 5.06. The van der Waals surface area contributed by atoms with Gasteiger partial charge in [0.05, 0.1) is 11.3 Å². The Bertz CT molecular complexity index is 858. The highest BCUT2D eigenvalue weighted by atomic mass is 79.9. The first-order chi connectivity index (χ1) is 11.7. The summed E-state index contributed by atoms with van der Waals surface area (Å²) in [6, 6.07) is 20.2. The van der Waals surface area contributed by atoms with Crippen molar-refractivity contribution >= 4 is 34.1 Å². The summed E-state index contributed by atoms with van der Waals surface area (Å²) in [5.74, 6) is 0.128. The number of rotatable bonds is 4. The standard InChI is InChI=1S/C20H14BrNO2/c21-17-5-3-4-16(14-17)20(23)24-19-11-8-15(9-12-19)7-10-18-6-1-2-13-22-18/h1-14H/b10-7+. The first-order valence-electron chi connectivity index (χ1n) is 7.38. The van der Waals surface area contributed by atoms with E-state index in [1.54, 1.807) is 36.5 Å². The third-order valence-corrected chi connectivity index (χ3v) is 3.78. The SMILES string of the molecule is O=C(Oc1ccc(/C=C/c2ccccn2)cc1)c1cccc(Br)c1. The summed E-state index contributed by atoms with van der Waals surface area (Å²) < 4.78 is 6.22. The molecular formula is C20H14BrNO2. The minimum Gasteiger partial charge on any atom is -0.423 e. The number of pyridine rings is 1. The van der Waals surface area contributed by atoms with Crippen LogP contribution in [0.2, 0.25) is 0 Å². The molecule has 4 heteroatoms. The van der Waals surface area contributed by atoms with E-state index in [4.69, 9.17) is 4.74 Å². The van der Waals surface area contributed by atoms with Gasteiger partial charge in [0, 0.05) is 10.7 Å². The highest BCUT2D eigenvalue weighted by molar-refractivity contribution is 9.10. The van der Waals surface area contributed by atoms with E-state index in [-0.39, 0.29) is 5.97 Å². The van der Waals surface area contributed by atoms with E-state index in [0.717, 1.165) is 15.7 Å². The lowest BCUT2D eigenvalue weighted by Crippen LogP contribution is -2.08. The molecule has 0 amide bonds. The molecule has 0 unspecified atom stereocenters. The van der Waals surface area contributed by atoms with Crippen molar-refractivity contribution in [2.45, 2.75) is 0 Å². The van der Waals surface area contributed by atoms with E-state index in [1.807, 2.05) is 48.6 Å². The fourth-order valence-electron chi connectivity index (χ4n) is 2.08. The molecule has 0 aliphatic rings. The lowest BCUT2D eigenvalue weighted by atomic mass is 10.2. The molecule has 0 N–H and O–H groups in total. The molecule has 0 bridgehead atoms. The van der Waals surface area contributed by atoms with Gasteiger partial charge in [-0.1, -0.05) is 46.3 Å². The molecule has 0 aliphatic heterocycles. The van der Waals surface area contributed by atoms with Gasteiger partial charge in [-0.2, -0.15) is 0 Å². The van der Waals surface area contributed by atoms with Crippen LogP contribution in [0.3, 0.4) is 0 Å². The number of benzene rings is 2. The van der Waals surface area contributed by atoms with Gasteiger partial charge in [-0.15, -0.1) is 0 Å². The number of halogens is 1. The van der Waals surface area contributed by atoms with Gasteiger partial charge in [-0.3, -0.25) is 4.98 Å².